The molecule has 5 heteroatoms. The molecule has 0 unspecified atom stereocenters. The third-order valence-electron chi connectivity index (χ3n) is 4.78. The molecule has 1 N–H and O–H groups in total. The maximum absolute atomic E-state index is 12.6. The number of hydrogen-bond acceptors (Lipinski definition) is 4. The van der Waals surface area contributed by atoms with E-state index < -0.39 is 5.60 Å². The van der Waals surface area contributed by atoms with Crippen LogP contribution in [0.1, 0.15) is 40.5 Å². The van der Waals surface area contributed by atoms with Crippen molar-refractivity contribution in [3.8, 4) is 0 Å². The second-order valence-electron chi connectivity index (χ2n) is 6.14. The lowest BCUT2D eigenvalue weighted by atomic mass is 9.82. The summed E-state index contributed by atoms with van der Waals surface area (Å²) in [5.41, 5.74) is 1.37. The molecule has 1 spiro atoms. The van der Waals surface area contributed by atoms with Gasteiger partial charge in [-0.05, 0) is 27.3 Å². The van der Waals surface area contributed by atoms with Gasteiger partial charge in [0.15, 0.2) is 0 Å². The molecule has 2 heterocycles. The number of nitrogens with one attached hydrogen (secondary N) is 1. The number of likely N-dealkylation sites (tertiary alicyclic amines) is 1. The molecule has 1 amide bonds. The van der Waals surface area contributed by atoms with E-state index in [0.717, 1.165) is 25.2 Å². The minimum atomic E-state index is -0.721. The maximum Gasteiger partial charge on any atom is 0.335 e. The molecule has 2 rings (SSSR count). The number of carbonyl (C=O) groups is 2. The average molecular weight is 306 g/mol. The van der Waals surface area contributed by atoms with Crippen LogP contribution >= 0.6 is 0 Å². The van der Waals surface area contributed by atoms with Crippen LogP contribution in [0.3, 0.4) is 0 Å². The van der Waals surface area contributed by atoms with Crippen LogP contribution in [0.25, 0.3) is 0 Å². The van der Waals surface area contributed by atoms with Gasteiger partial charge in [0.25, 0.3) is 5.91 Å². The summed E-state index contributed by atoms with van der Waals surface area (Å²) in [6.45, 7) is 10.9. The molecular weight excluding hydrogens is 280 g/mol. The molecule has 0 bridgehead atoms. The molecule has 0 aromatic heterocycles. The highest BCUT2D eigenvalue weighted by molar-refractivity contribution is 6.07. The van der Waals surface area contributed by atoms with Gasteiger partial charge in [0.2, 0.25) is 0 Å². The van der Waals surface area contributed by atoms with E-state index in [1.54, 1.807) is 6.92 Å². The van der Waals surface area contributed by atoms with Crippen LogP contribution in [-0.4, -0.2) is 48.6 Å². The summed E-state index contributed by atoms with van der Waals surface area (Å²) >= 11 is 0. The summed E-state index contributed by atoms with van der Waals surface area (Å²) in [4.78, 5) is 26.9. The Morgan fingerprint density at radius 3 is 2.59 bits per heavy atom. The lowest BCUT2D eigenvalue weighted by molar-refractivity contribution is -0.150. The second kappa shape index (κ2) is 6.65. The lowest BCUT2D eigenvalue weighted by Gasteiger charge is -2.39. The van der Waals surface area contributed by atoms with Crippen molar-refractivity contribution < 1.29 is 14.3 Å². The summed E-state index contributed by atoms with van der Waals surface area (Å²) in [5.74, 6) is -0.521. The minimum Gasteiger partial charge on any atom is -0.450 e. The van der Waals surface area contributed by atoms with Gasteiger partial charge in [-0.2, -0.15) is 0 Å². The number of esters is 1. The molecule has 0 radical (unpaired) electrons. The number of allylic oxidation sites excluding steroid dienone is 1. The van der Waals surface area contributed by atoms with Gasteiger partial charge in [-0.3, -0.25) is 4.79 Å². The number of hydrogen-bond donors (Lipinski definition) is 1. The number of carbonyl (C=O) groups excluding carboxylic acids is 2. The normalized spacial score (nSPS) is 22.2. The Hall–Kier alpha value is -1.62. The number of amides is 1. The molecule has 0 aromatic carbocycles. The average Bonchev–Trinajstić information content (AvgIpc) is 2.76. The minimum absolute atomic E-state index is 0.172. The fraction of sp³-hybridized carbons (Fsp3) is 0.647. The van der Waals surface area contributed by atoms with E-state index in [9.17, 15) is 9.59 Å². The van der Waals surface area contributed by atoms with Crippen LogP contribution in [-0.2, 0) is 14.3 Å². The Morgan fingerprint density at radius 2 is 2.05 bits per heavy atom. The molecular formula is C17H26N2O3. The molecule has 0 aliphatic carbocycles. The Kier molecular flexibility index (Phi) is 5.06. The van der Waals surface area contributed by atoms with Crippen molar-refractivity contribution in [1.82, 2.24) is 10.2 Å². The molecule has 122 valence electrons. The van der Waals surface area contributed by atoms with Gasteiger partial charge in [-0.1, -0.05) is 18.6 Å². The van der Waals surface area contributed by atoms with Crippen LogP contribution in [0.2, 0.25) is 0 Å². The molecule has 2 aliphatic rings. The van der Waals surface area contributed by atoms with Crippen LogP contribution in [0.4, 0.5) is 0 Å². The summed E-state index contributed by atoms with van der Waals surface area (Å²) in [6, 6.07) is 0. The monoisotopic (exact) mass is 306 g/mol. The van der Waals surface area contributed by atoms with Crippen LogP contribution in [0, 0.1) is 0 Å². The number of ether oxygens (including phenoxy) is 1. The van der Waals surface area contributed by atoms with E-state index >= 15 is 0 Å². The Labute approximate surface area is 132 Å². The van der Waals surface area contributed by atoms with Gasteiger partial charge in [0, 0.05) is 38.0 Å². The summed E-state index contributed by atoms with van der Waals surface area (Å²) in [7, 11) is 0. The van der Waals surface area contributed by atoms with Crippen molar-refractivity contribution in [1.29, 1.82) is 0 Å². The van der Waals surface area contributed by atoms with Gasteiger partial charge >= 0.3 is 5.97 Å². The molecule has 2 aliphatic heterocycles. The largest absolute Gasteiger partial charge is 0.450 e. The number of piperidine rings is 1. The van der Waals surface area contributed by atoms with Gasteiger partial charge in [-0.25, -0.2) is 4.79 Å². The smallest absolute Gasteiger partial charge is 0.335 e. The number of nitrogens with zero attached hydrogens (tertiary/aromatic N) is 1. The molecule has 1 saturated heterocycles. The second-order valence-corrected chi connectivity index (χ2v) is 6.14. The zero-order chi connectivity index (χ0) is 16.3. The van der Waals surface area contributed by atoms with Gasteiger partial charge in [0.05, 0.1) is 5.57 Å². The van der Waals surface area contributed by atoms with E-state index in [-0.39, 0.29) is 11.9 Å². The fourth-order valence-electron chi connectivity index (χ4n) is 3.12. The third kappa shape index (κ3) is 3.09. The zero-order valence-corrected chi connectivity index (χ0v) is 14.0. The first-order valence-corrected chi connectivity index (χ1v) is 8.00. The van der Waals surface area contributed by atoms with Crippen LogP contribution in [0.5, 0.6) is 0 Å². The summed E-state index contributed by atoms with van der Waals surface area (Å²) in [5, 5.41) is 2.91. The highest BCUT2D eigenvalue weighted by atomic mass is 16.6. The quantitative estimate of drug-likeness (QED) is 0.635. The Bertz CT molecular complexity index is 526. The fourth-order valence-corrected chi connectivity index (χ4v) is 3.12. The first kappa shape index (κ1) is 16.7. The highest BCUT2D eigenvalue weighted by Gasteiger charge is 2.50. The summed E-state index contributed by atoms with van der Waals surface area (Å²) < 4.78 is 5.65. The highest BCUT2D eigenvalue weighted by Crippen LogP contribution is 2.40. The molecule has 0 atom stereocenters. The molecule has 0 aromatic rings. The first-order valence-electron chi connectivity index (χ1n) is 8.00. The van der Waals surface area contributed by atoms with Gasteiger partial charge in [-0.15, -0.1) is 0 Å². The van der Waals surface area contributed by atoms with Crippen LogP contribution in [0.15, 0.2) is 22.8 Å². The van der Waals surface area contributed by atoms with E-state index in [2.05, 4.69) is 17.1 Å². The van der Waals surface area contributed by atoms with Gasteiger partial charge < -0.3 is 15.0 Å². The van der Waals surface area contributed by atoms with Crippen molar-refractivity contribution in [2.75, 3.05) is 26.2 Å². The Morgan fingerprint density at radius 1 is 1.41 bits per heavy atom. The zero-order valence-electron chi connectivity index (χ0n) is 14.0. The first-order chi connectivity index (χ1) is 10.4. The van der Waals surface area contributed by atoms with Gasteiger partial charge in [0.1, 0.15) is 5.60 Å². The van der Waals surface area contributed by atoms with Crippen molar-refractivity contribution in [3.63, 3.8) is 0 Å². The van der Waals surface area contributed by atoms with Crippen molar-refractivity contribution >= 4 is 11.9 Å². The Balaban J connectivity index is 2.18. The van der Waals surface area contributed by atoms with Crippen LogP contribution < -0.4 is 5.32 Å². The molecule has 22 heavy (non-hydrogen) atoms. The van der Waals surface area contributed by atoms with E-state index in [1.807, 2.05) is 19.9 Å². The lowest BCUT2D eigenvalue weighted by Crippen LogP contribution is -2.48. The molecule has 5 nitrogen and oxygen atoms in total. The van der Waals surface area contributed by atoms with Crippen molar-refractivity contribution in [2.24, 2.45) is 0 Å². The van der Waals surface area contributed by atoms with E-state index in [4.69, 9.17) is 4.74 Å². The molecule has 0 saturated carbocycles. The maximum atomic E-state index is 12.6. The summed E-state index contributed by atoms with van der Waals surface area (Å²) in [6.07, 6.45) is 3.35. The predicted molar refractivity (Wildman–Crippen MR) is 85.3 cm³/mol. The third-order valence-corrected chi connectivity index (χ3v) is 4.78. The standard InChI is InChI=1S/C17H26N2O3/c1-5-12(3)11-18-15(20)14-13(4)16(21)22-17(14)7-9-19(6-2)10-8-17/h5H,6-11H2,1-4H3,(H,18,20)/b12-5+. The topological polar surface area (TPSA) is 58.6 Å². The number of rotatable bonds is 4. The van der Waals surface area contributed by atoms with Crippen molar-refractivity contribution in [3.05, 3.63) is 22.8 Å². The molecule has 1 fully saturated rings. The van der Waals surface area contributed by atoms with E-state index in [0.29, 0.717) is 30.5 Å². The van der Waals surface area contributed by atoms with E-state index in [1.165, 1.54) is 0 Å². The SMILES string of the molecule is C/C=C(\C)CNC(=O)C1=C(C)C(=O)OC12CCN(CC)CC2. The van der Waals surface area contributed by atoms with Crippen molar-refractivity contribution in [2.45, 2.75) is 46.1 Å². The predicted octanol–water partition coefficient (Wildman–Crippen LogP) is 1.80.